The van der Waals surface area contributed by atoms with E-state index in [0.29, 0.717) is 18.0 Å². The predicted molar refractivity (Wildman–Crippen MR) is 85.7 cm³/mol. The first-order valence-corrected chi connectivity index (χ1v) is 7.68. The maximum absolute atomic E-state index is 12.2. The number of carbonyl (C=O) groups excluding carboxylic acids is 1. The van der Waals surface area contributed by atoms with E-state index < -0.39 is 5.60 Å². The van der Waals surface area contributed by atoms with Crippen molar-refractivity contribution in [3.63, 3.8) is 0 Å². The van der Waals surface area contributed by atoms with Gasteiger partial charge in [0, 0.05) is 31.9 Å². The van der Waals surface area contributed by atoms with Gasteiger partial charge in [-0.2, -0.15) is 0 Å². The molecule has 4 heteroatoms. The molecule has 0 aromatic heterocycles. The lowest BCUT2D eigenvalue weighted by molar-refractivity contribution is 0.00285. The van der Waals surface area contributed by atoms with Gasteiger partial charge in [0.2, 0.25) is 0 Å². The summed E-state index contributed by atoms with van der Waals surface area (Å²) in [6.45, 7) is 2.14. The van der Waals surface area contributed by atoms with E-state index in [1.165, 1.54) is 12.8 Å². The summed E-state index contributed by atoms with van der Waals surface area (Å²) in [7, 11) is 3.93. The van der Waals surface area contributed by atoms with Gasteiger partial charge in [0.05, 0.1) is 5.60 Å². The van der Waals surface area contributed by atoms with Crippen molar-refractivity contribution in [3.05, 3.63) is 29.8 Å². The van der Waals surface area contributed by atoms with Crippen LogP contribution in [0, 0.1) is 5.92 Å². The molecule has 1 fully saturated rings. The Labute approximate surface area is 127 Å². The van der Waals surface area contributed by atoms with Gasteiger partial charge in [-0.1, -0.05) is 12.8 Å². The summed E-state index contributed by atoms with van der Waals surface area (Å²) in [5.41, 5.74) is 0.878. The van der Waals surface area contributed by atoms with Gasteiger partial charge in [0.15, 0.2) is 0 Å². The fourth-order valence-corrected chi connectivity index (χ4v) is 2.96. The first-order valence-electron chi connectivity index (χ1n) is 7.68. The number of nitrogens with one attached hydrogen (secondary N) is 1. The third-order valence-corrected chi connectivity index (χ3v) is 4.49. The number of benzene rings is 1. The quantitative estimate of drug-likeness (QED) is 0.875. The van der Waals surface area contributed by atoms with E-state index in [4.69, 9.17) is 0 Å². The van der Waals surface area contributed by atoms with Gasteiger partial charge in [0.1, 0.15) is 0 Å². The van der Waals surface area contributed by atoms with Crippen LogP contribution in [-0.4, -0.2) is 37.3 Å². The molecule has 1 amide bonds. The Kier molecular flexibility index (Phi) is 4.88. The summed E-state index contributed by atoms with van der Waals surface area (Å²) in [6, 6.07) is 7.47. The lowest BCUT2D eigenvalue weighted by Gasteiger charge is -2.30. The van der Waals surface area contributed by atoms with Crippen LogP contribution >= 0.6 is 0 Å². The van der Waals surface area contributed by atoms with Crippen molar-refractivity contribution >= 4 is 11.6 Å². The molecule has 4 nitrogen and oxygen atoms in total. The number of carbonyl (C=O) groups is 1. The third kappa shape index (κ3) is 3.97. The Bertz CT molecular complexity index is 474. The number of aliphatic hydroxyl groups is 1. The van der Waals surface area contributed by atoms with Gasteiger partial charge in [-0.05, 0) is 49.9 Å². The average molecular weight is 290 g/mol. The van der Waals surface area contributed by atoms with Crippen molar-refractivity contribution in [2.45, 2.75) is 38.2 Å². The van der Waals surface area contributed by atoms with Crippen LogP contribution in [0.5, 0.6) is 0 Å². The largest absolute Gasteiger partial charge is 0.388 e. The van der Waals surface area contributed by atoms with E-state index in [2.05, 4.69) is 5.32 Å². The molecule has 1 saturated carbocycles. The topological polar surface area (TPSA) is 52.6 Å². The van der Waals surface area contributed by atoms with E-state index in [1.807, 2.05) is 50.2 Å². The van der Waals surface area contributed by atoms with Crippen LogP contribution in [0.1, 0.15) is 43.0 Å². The standard InChI is InChI=1S/C17H26N2O2/c1-17(21,14-6-4-5-7-14)12-18-16(20)13-8-10-15(11-9-13)19(2)3/h8-11,14,21H,4-7,12H2,1-3H3,(H,18,20)/t17-/m1/s1. The normalized spacial score (nSPS) is 18.3. The molecule has 116 valence electrons. The van der Waals surface area contributed by atoms with E-state index in [-0.39, 0.29) is 5.91 Å². The van der Waals surface area contributed by atoms with Gasteiger partial charge in [-0.3, -0.25) is 4.79 Å². The highest BCUT2D eigenvalue weighted by atomic mass is 16.3. The summed E-state index contributed by atoms with van der Waals surface area (Å²) in [5.74, 6) is 0.174. The summed E-state index contributed by atoms with van der Waals surface area (Å²) in [4.78, 5) is 14.1. The highest BCUT2D eigenvalue weighted by Gasteiger charge is 2.34. The first-order chi connectivity index (χ1) is 9.90. The van der Waals surface area contributed by atoms with Crippen molar-refractivity contribution in [2.24, 2.45) is 5.92 Å². The van der Waals surface area contributed by atoms with Crippen molar-refractivity contribution in [1.29, 1.82) is 0 Å². The minimum Gasteiger partial charge on any atom is -0.388 e. The molecule has 1 aromatic carbocycles. The zero-order chi connectivity index (χ0) is 15.5. The molecule has 1 aromatic rings. The monoisotopic (exact) mass is 290 g/mol. The predicted octanol–water partition coefficient (Wildman–Crippen LogP) is 2.42. The molecule has 0 bridgehead atoms. The van der Waals surface area contributed by atoms with Gasteiger partial charge in [-0.15, -0.1) is 0 Å². The number of rotatable bonds is 5. The maximum atomic E-state index is 12.2. The van der Waals surface area contributed by atoms with Crippen LogP contribution in [0.4, 0.5) is 5.69 Å². The number of amides is 1. The average Bonchev–Trinajstić information content (AvgIpc) is 3.00. The summed E-state index contributed by atoms with van der Waals surface area (Å²) >= 11 is 0. The van der Waals surface area contributed by atoms with E-state index >= 15 is 0 Å². The van der Waals surface area contributed by atoms with Gasteiger partial charge in [-0.25, -0.2) is 0 Å². The Morgan fingerprint density at radius 2 is 1.86 bits per heavy atom. The lowest BCUT2D eigenvalue weighted by atomic mass is 9.87. The molecule has 0 aliphatic heterocycles. The minimum absolute atomic E-state index is 0.126. The SMILES string of the molecule is CN(C)c1ccc(C(=O)NC[C@@](C)(O)C2CCCC2)cc1. The molecular weight excluding hydrogens is 264 g/mol. The Morgan fingerprint density at radius 1 is 1.29 bits per heavy atom. The zero-order valence-corrected chi connectivity index (χ0v) is 13.2. The molecule has 1 aliphatic carbocycles. The minimum atomic E-state index is -0.810. The second-order valence-electron chi connectivity index (χ2n) is 6.46. The van der Waals surface area contributed by atoms with Crippen molar-refractivity contribution in [2.75, 3.05) is 25.5 Å². The molecule has 0 radical (unpaired) electrons. The van der Waals surface area contributed by atoms with Gasteiger partial charge in [0.25, 0.3) is 5.91 Å². The molecular formula is C17H26N2O2. The van der Waals surface area contributed by atoms with Crippen molar-refractivity contribution in [1.82, 2.24) is 5.32 Å². The fourth-order valence-electron chi connectivity index (χ4n) is 2.96. The molecule has 2 N–H and O–H groups in total. The number of hydrogen-bond acceptors (Lipinski definition) is 3. The second kappa shape index (κ2) is 6.48. The van der Waals surface area contributed by atoms with Crippen LogP contribution < -0.4 is 10.2 Å². The fraction of sp³-hybridized carbons (Fsp3) is 0.588. The third-order valence-electron chi connectivity index (χ3n) is 4.49. The van der Waals surface area contributed by atoms with Crippen LogP contribution in [0.15, 0.2) is 24.3 Å². The van der Waals surface area contributed by atoms with Crippen LogP contribution in [-0.2, 0) is 0 Å². The molecule has 2 rings (SSSR count). The van der Waals surface area contributed by atoms with Crippen LogP contribution in [0.3, 0.4) is 0 Å². The summed E-state index contributed by atoms with van der Waals surface area (Å²) < 4.78 is 0. The molecule has 0 saturated heterocycles. The summed E-state index contributed by atoms with van der Waals surface area (Å²) in [5, 5.41) is 13.4. The highest BCUT2D eigenvalue weighted by Crippen LogP contribution is 2.33. The second-order valence-corrected chi connectivity index (χ2v) is 6.46. The van der Waals surface area contributed by atoms with Crippen molar-refractivity contribution < 1.29 is 9.90 Å². The Hall–Kier alpha value is -1.55. The first kappa shape index (κ1) is 15.8. The zero-order valence-electron chi connectivity index (χ0n) is 13.2. The lowest BCUT2D eigenvalue weighted by Crippen LogP contribution is -2.45. The van der Waals surface area contributed by atoms with E-state index in [0.717, 1.165) is 18.5 Å². The number of anilines is 1. The van der Waals surface area contributed by atoms with E-state index in [1.54, 1.807) is 0 Å². The molecule has 21 heavy (non-hydrogen) atoms. The van der Waals surface area contributed by atoms with Crippen LogP contribution in [0.25, 0.3) is 0 Å². The van der Waals surface area contributed by atoms with Gasteiger partial charge >= 0.3 is 0 Å². The summed E-state index contributed by atoms with van der Waals surface area (Å²) in [6.07, 6.45) is 4.47. The molecule has 1 aliphatic rings. The molecule has 0 spiro atoms. The highest BCUT2D eigenvalue weighted by molar-refractivity contribution is 5.94. The Balaban J connectivity index is 1.91. The smallest absolute Gasteiger partial charge is 0.251 e. The van der Waals surface area contributed by atoms with E-state index in [9.17, 15) is 9.90 Å². The van der Waals surface area contributed by atoms with Crippen LogP contribution in [0.2, 0.25) is 0 Å². The number of hydrogen-bond donors (Lipinski definition) is 2. The Morgan fingerprint density at radius 3 is 2.38 bits per heavy atom. The van der Waals surface area contributed by atoms with Crippen molar-refractivity contribution in [3.8, 4) is 0 Å². The molecule has 0 heterocycles. The van der Waals surface area contributed by atoms with Gasteiger partial charge < -0.3 is 15.3 Å². The maximum Gasteiger partial charge on any atom is 0.251 e. The molecule has 1 atom stereocenters. The molecule has 0 unspecified atom stereocenters. The number of nitrogens with zero attached hydrogens (tertiary/aromatic N) is 1.